The van der Waals surface area contributed by atoms with E-state index in [1.165, 1.54) is 0 Å². The zero-order chi connectivity index (χ0) is 15.4. The number of nitrogens with zero attached hydrogens (tertiary/aromatic N) is 2. The Morgan fingerprint density at radius 3 is 2.71 bits per heavy atom. The molecule has 1 aromatic carbocycles. The molecule has 0 unspecified atom stereocenters. The molecule has 0 aliphatic carbocycles. The number of aromatic nitrogens is 2. The first-order chi connectivity index (χ1) is 9.99. The van der Waals surface area contributed by atoms with Crippen LogP contribution >= 0.6 is 0 Å². The summed E-state index contributed by atoms with van der Waals surface area (Å²) in [7, 11) is 0. The first-order valence-electron chi connectivity index (χ1n) is 6.82. The topological polar surface area (TPSA) is 72.2 Å². The Morgan fingerprint density at radius 2 is 2.05 bits per heavy atom. The van der Waals surface area contributed by atoms with Crippen molar-refractivity contribution in [1.29, 1.82) is 0 Å². The Labute approximate surface area is 122 Å². The monoisotopic (exact) mass is 286 g/mol. The van der Waals surface area contributed by atoms with Gasteiger partial charge in [-0.1, -0.05) is 23.8 Å². The number of carboxylic acids is 1. The average molecular weight is 286 g/mol. The number of benzene rings is 1. The van der Waals surface area contributed by atoms with Crippen LogP contribution in [0, 0.1) is 0 Å². The molecule has 0 aliphatic heterocycles. The Hall–Kier alpha value is -2.43. The van der Waals surface area contributed by atoms with Crippen LogP contribution < -0.4 is 5.56 Å². The molecule has 0 radical (unpaired) electrons. The van der Waals surface area contributed by atoms with Crippen molar-refractivity contribution in [1.82, 2.24) is 9.55 Å². The third-order valence-corrected chi connectivity index (χ3v) is 3.19. The minimum absolute atomic E-state index is 0.0421. The van der Waals surface area contributed by atoms with Crippen molar-refractivity contribution < 1.29 is 9.90 Å². The van der Waals surface area contributed by atoms with Crippen LogP contribution in [-0.4, -0.2) is 20.6 Å². The van der Waals surface area contributed by atoms with Crippen molar-refractivity contribution in [3.63, 3.8) is 0 Å². The smallest absolute Gasteiger partial charge is 0.303 e. The Kier molecular flexibility index (Phi) is 4.52. The molecular weight excluding hydrogens is 268 g/mol. The van der Waals surface area contributed by atoms with Crippen LogP contribution in [0.3, 0.4) is 0 Å². The Bertz CT molecular complexity index is 756. The first kappa shape index (κ1) is 15.0. The van der Waals surface area contributed by atoms with E-state index in [-0.39, 0.29) is 18.4 Å². The molecule has 0 amide bonds. The van der Waals surface area contributed by atoms with E-state index in [0.29, 0.717) is 23.3 Å². The molecule has 1 N–H and O–H groups in total. The van der Waals surface area contributed by atoms with E-state index >= 15 is 0 Å². The predicted octanol–water partition coefficient (Wildman–Crippen LogP) is 2.38. The highest BCUT2D eigenvalue weighted by Crippen LogP contribution is 2.10. The number of aryl methyl sites for hydroxylation is 1. The first-order valence-corrected chi connectivity index (χ1v) is 6.82. The lowest BCUT2D eigenvalue weighted by atomic mass is 10.2. The summed E-state index contributed by atoms with van der Waals surface area (Å²) in [5, 5.41) is 9.39. The van der Waals surface area contributed by atoms with Crippen molar-refractivity contribution in [3.8, 4) is 0 Å². The summed E-state index contributed by atoms with van der Waals surface area (Å²) in [6, 6.07) is 7.13. The number of carboxylic acid groups (broad SMARTS) is 1. The molecule has 1 heterocycles. The van der Waals surface area contributed by atoms with Gasteiger partial charge in [0.1, 0.15) is 5.82 Å². The van der Waals surface area contributed by atoms with Gasteiger partial charge in [-0.25, -0.2) is 4.98 Å². The van der Waals surface area contributed by atoms with Crippen molar-refractivity contribution in [2.24, 2.45) is 0 Å². The number of aliphatic carboxylic acids is 1. The lowest BCUT2D eigenvalue weighted by molar-refractivity contribution is -0.137. The molecule has 2 rings (SSSR count). The van der Waals surface area contributed by atoms with Crippen LogP contribution in [0.25, 0.3) is 10.9 Å². The van der Waals surface area contributed by atoms with Crippen LogP contribution in [-0.2, 0) is 17.8 Å². The summed E-state index contributed by atoms with van der Waals surface area (Å²) in [5.74, 6) is -0.384. The second-order valence-corrected chi connectivity index (χ2v) is 5.14. The zero-order valence-electron chi connectivity index (χ0n) is 12.2. The number of hydrogen-bond acceptors (Lipinski definition) is 3. The maximum Gasteiger partial charge on any atom is 0.303 e. The molecule has 110 valence electrons. The van der Waals surface area contributed by atoms with Crippen LogP contribution in [0.15, 0.2) is 40.7 Å². The average Bonchev–Trinajstić information content (AvgIpc) is 2.44. The van der Waals surface area contributed by atoms with Crippen molar-refractivity contribution in [3.05, 3.63) is 52.1 Å². The molecule has 0 saturated heterocycles. The van der Waals surface area contributed by atoms with E-state index in [1.807, 2.05) is 26.0 Å². The van der Waals surface area contributed by atoms with Crippen LogP contribution in [0.2, 0.25) is 0 Å². The number of allylic oxidation sites excluding steroid dienone is 2. The lowest BCUT2D eigenvalue weighted by Crippen LogP contribution is -2.25. The van der Waals surface area contributed by atoms with Gasteiger partial charge in [-0.3, -0.25) is 14.2 Å². The third-order valence-electron chi connectivity index (χ3n) is 3.19. The van der Waals surface area contributed by atoms with E-state index in [2.05, 4.69) is 4.98 Å². The molecule has 0 fully saturated rings. The molecule has 0 bridgehead atoms. The molecule has 0 spiro atoms. The summed E-state index contributed by atoms with van der Waals surface area (Å²) in [6.07, 6.45) is 2.13. The summed E-state index contributed by atoms with van der Waals surface area (Å²) in [5.41, 5.74) is 1.58. The van der Waals surface area contributed by atoms with E-state index in [0.717, 1.165) is 5.57 Å². The molecule has 0 aliphatic rings. The van der Waals surface area contributed by atoms with E-state index in [1.54, 1.807) is 22.8 Å². The van der Waals surface area contributed by atoms with Crippen molar-refractivity contribution >= 4 is 16.9 Å². The van der Waals surface area contributed by atoms with E-state index in [4.69, 9.17) is 5.11 Å². The number of hydrogen-bond donors (Lipinski definition) is 1. The standard InChI is InChI=1S/C16H18N2O3/c1-11(2)9-10-18-14(7-8-15(19)20)17-13-6-4-3-5-12(13)16(18)21/h3-6,9H,7-8,10H2,1-2H3,(H,19,20). The fourth-order valence-electron chi connectivity index (χ4n) is 2.09. The predicted molar refractivity (Wildman–Crippen MR) is 81.4 cm³/mol. The molecule has 5 heteroatoms. The van der Waals surface area contributed by atoms with Gasteiger partial charge in [0.2, 0.25) is 0 Å². The van der Waals surface area contributed by atoms with Gasteiger partial charge >= 0.3 is 5.97 Å². The van der Waals surface area contributed by atoms with Gasteiger partial charge in [0.15, 0.2) is 0 Å². The highest BCUT2D eigenvalue weighted by atomic mass is 16.4. The maximum absolute atomic E-state index is 12.6. The van der Waals surface area contributed by atoms with Crippen LogP contribution in [0.5, 0.6) is 0 Å². The fraction of sp³-hybridized carbons (Fsp3) is 0.312. The normalized spacial score (nSPS) is 10.6. The fourth-order valence-corrected chi connectivity index (χ4v) is 2.09. The van der Waals surface area contributed by atoms with E-state index in [9.17, 15) is 9.59 Å². The second kappa shape index (κ2) is 6.35. The highest BCUT2D eigenvalue weighted by molar-refractivity contribution is 5.77. The van der Waals surface area contributed by atoms with Crippen LogP contribution in [0.4, 0.5) is 0 Å². The van der Waals surface area contributed by atoms with Gasteiger partial charge in [0, 0.05) is 13.0 Å². The third kappa shape index (κ3) is 3.56. The van der Waals surface area contributed by atoms with Gasteiger partial charge in [0.05, 0.1) is 17.3 Å². The second-order valence-electron chi connectivity index (χ2n) is 5.14. The Balaban J connectivity index is 2.56. The van der Waals surface area contributed by atoms with Gasteiger partial charge < -0.3 is 5.11 Å². The quantitative estimate of drug-likeness (QED) is 0.857. The highest BCUT2D eigenvalue weighted by Gasteiger charge is 2.11. The molecular formula is C16H18N2O3. The molecule has 0 atom stereocenters. The largest absolute Gasteiger partial charge is 0.481 e. The minimum atomic E-state index is -0.897. The lowest BCUT2D eigenvalue weighted by Gasteiger charge is -2.11. The van der Waals surface area contributed by atoms with Crippen molar-refractivity contribution in [2.45, 2.75) is 33.2 Å². The van der Waals surface area contributed by atoms with Gasteiger partial charge in [0.25, 0.3) is 5.56 Å². The molecule has 5 nitrogen and oxygen atoms in total. The molecule has 2 aromatic rings. The summed E-state index contributed by atoms with van der Waals surface area (Å²) in [4.78, 5) is 27.8. The van der Waals surface area contributed by atoms with Crippen LogP contribution in [0.1, 0.15) is 26.1 Å². The van der Waals surface area contributed by atoms with E-state index < -0.39 is 5.97 Å². The number of rotatable bonds is 5. The zero-order valence-corrected chi connectivity index (χ0v) is 12.2. The maximum atomic E-state index is 12.6. The number of carbonyl (C=O) groups is 1. The van der Waals surface area contributed by atoms with Gasteiger partial charge in [-0.05, 0) is 26.0 Å². The molecule has 1 aromatic heterocycles. The minimum Gasteiger partial charge on any atom is -0.481 e. The number of fused-ring (bicyclic) bond motifs is 1. The number of para-hydroxylation sites is 1. The summed E-state index contributed by atoms with van der Waals surface area (Å²) in [6.45, 7) is 4.32. The summed E-state index contributed by atoms with van der Waals surface area (Å²) >= 11 is 0. The van der Waals surface area contributed by atoms with Gasteiger partial charge in [-0.2, -0.15) is 0 Å². The Morgan fingerprint density at radius 1 is 1.33 bits per heavy atom. The van der Waals surface area contributed by atoms with Crippen molar-refractivity contribution in [2.75, 3.05) is 0 Å². The van der Waals surface area contributed by atoms with Gasteiger partial charge in [-0.15, -0.1) is 0 Å². The molecule has 0 saturated carbocycles. The summed E-state index contributed by atoms with van der Waals surface area (Å²) < 4.78 is 1.55. The molecule has 21 heavy (non-hydrogen) atoms. The SMILES string of the molecule is CC(C)=CCn1c(CCC(=O)O)nc2ccccc2c1=O.